The van der Waals surface area contributed by atoms with Crippen LogP contribution in [-0.2, 0) is 0 Å². The minimum Gasteiger partial charge on any atom is -0.495 e. The normalized spacial score (nSPS) is 9.57. The van der Waals surface area contributed by atoms with Crippen LogP contribution < -0.4 is 15.4 Å². The predicted octanol–water partition coefficient (Wildman–Crippen LogP) is 3.86. The van der Waals surface area contributed by atoms with E-state index in [0.29, 0.717) is 27.7 Å². The number of halogens is 1. The Morgan fingerprint density at radius 1 is 1.19 bits per heavy atom. The topological polar surface area (TPSA) is 74.1 Å². The van der Waals surface area contributed by atoms with Crippen LogP contribution in [0.15, 0.2) is 42.5 Å². The van der Waals surface area contributed by atoms with Crippen LogP contribution in [0.5, 0.6) is 5.75 Å². The van der Waals surface area contributed by atoms with Gasteiger partial charge in [-0.3, -0.25) is 0 Å². The monoisotopic (exact) mass is 301 g/mol. The molecule has 5 nitrogen and oxygen atoms in total. The van der Waals surface area contributed by atoms with Gasteiger partial charge in [0, 0.05) is 0 Å². The van der Waals surface area contributed by atoms with Crippen molar-refractivity contribution >= 4 is 29.0 Å². The van der Waals surface area contributed by atoms with Gasteiger partial charge in [0.1, 0.15) is 17.5 Å². The van der Waals surface area contributed by atoms with Gasteiger partial charge in [0.2, 0.25) is 0 Å². The molecule has 2 rings (SSSR count). The minimum absolute atomic E-state index is 0.309. The van der Waals surface area contributed by atoms with E-state index in [4.69, 9.17) is 21.6 Å². The molecule has 6 heteroatoms. The number of ether oxygens (including phenoxy) is 1. The van der Waals surface area contributed by atoms with Crippen molar-refractivity contribution in [2.75, 3.05) is 17.7 Å². The van der Waals surface area contributed by atoms with Crippen molar-refractivity contribution in [3.8, 4) is 11.8 Å². The first kappa shape index (κ1) is 14.7. The van der Waals surface area contributed by atoms with Crippen LogP contribution in [0.1, 0.15) is 5.56 Å². The lowest BCUT2D eigenvalue weighted by Gasteiger charge is -2.13. The molecule has 0 aliphatic carbocycles. The van der Waals surface area contributed by atoms with E-state index < -0.39 is 6.03 Å². The molecule has 0 aromatic heterocycles. The number of amides is 2. The first-order chi connectivity index (χ1) is 10.2. The minimum atomic E-state index is -0.510. The Morgan fingerprint density at radius 3 is 2.62 bits per heavy atom. The lowest BCUT2D eigenvalue weighted by Crippen LogP contribution is -2.20. The van der Waals surface area contributed by atoms with E-state index in [1.165, 1.54) is 7.11 Å². The summed E-state index contributed by atoms with van der Waals surface area (Å²) in [6.45, 7) is 0. The number of nitriles is 1. The van der Waals surface area contributed by atoms with Gasteiger partial charge < -0.3 is 15.4 Å². The zero-order valence-electron chi connectivity index (χ0n) is 11.2. The summed E-state index contributed by atoms with van der Waals surface area (Å²) in [6, 6.07) is 13.3. The van der Waals surface area contributed by atoms with Gasteiger partial charge in [-0.1, -0.05) is 29.8 Å². The van der Waals surface area contributed by atoms with Gasteiger partial charge in [-0.05, 0) is 24.3 Å². The molecule has 2 aromatic carbocycles. The fraction of sp³-hybridized carbons (Fsp3) is 0.0667. The van der Waals surface area contributed by atoms with Crippen molar-refractivity contribution in [2.45, 2.75) is 0 Å². The lowest BCUT2D eigenvalue weighted by atomic mass is 10.2. The third-order valence-electron chi connectivity index (χ3n) is 2.73. The van der Waals surface area contributed by atoms with Crippen molar-refractivity contribution in [1.82, 2.24) is 0 Å². The number of para-hydroxylation sites is 2. The van der Waals surface area contributed by atoms with Gasteiger partial charge in [-0.2, -0.15) is 5.26 Å². The molecule has 2 N–H and O–H groups in total. The number of hydrogen-bond acceptors (Lipinski definition) is 3. The van der Waals surface area contributed by atoms with Crippen LogP contribution in [0.25, 0.3) is 0 Å². The molecule has 0 heterocycles. The van der Waals surface area contributed by atoms with Crippen molar-refractivity contribution in [3.63, 3.8) is 0 Å². The average Bonchev–Trinajstić information content (AvgIpc) is 2.49. The fourth-order valence-corrected chi connectivity index (χ4v) is 1.94. The summed E-state index contributed by atoms with van der Waals surface area (Å²) in [5.41, 5.74) is 1.10. The zero-order valence-corrected chi connectivity index (χ0v) is 11.9. The standard InChI is InChI=1S/C15H12ClN3O2/c1-21-13-8-4-5-10(9-17)14(13)19-15(20)18-12-7-3-2-6-11(12)16/h2-8H,1H3,(H2,18,19,20). The van der Waals surface area contributed by atoms with Crippen molar-refractivity contribution in [3.05, 3.63) is 53.1 Å². The van der Waals surface area contributed by atoms with E-state index in [0.717, 1.165) is 0 Å². The summed E-state index contributed by atoms with van der Waals surface area (Å²) in [6.07, 6.45) is 0. The van der Waals surface area contributed by atoms with E-state index in [-0.39, 0.29) is 0 Å². The van der Waals surface area contributed by atoms with E-state index >= 15 is 0 Å². The largest absolute Gasteiger partial charge is 0.495 e. The van der Waals surface area contributed by atoms with E-state index in [9.17, 15) is 4.79 Å². The summed E-state index contributed by atoms with van der Waals surface area (Å²) >= 11 is 5.97. The third kappa shape index (κ3) is 3.44. The van der Waals surface area contributed by atoms with Gasteiger partial charge in [0.15, 0.2) is 0 Å². The van der Waals surface area contributed by atoms with Crippen molar-refractivity contribution in [1.29, 1.82) is 5.26 Å². The summed E-state index contributed by atoms with van der Waals surface area (Å²) in [5.74, 6) is 0.406. The van der Waals surface area contributed by atoms with Crippen LogP contribution in [0.3, 0.4) is 0 Å². The van der Waals surface area contributed by atoms with E-state index in [1.807, 2.05) is 6.07 Å². The summed E-state index contributed by atoms with van der Waals surface area (Å²) in [5, 5.41) is 14.7. The van der Waals surface area contributed by atoms with Crippen molar-refractivity contribution in [2.24, 2.45) is 0 Å². The Labute approximate surface area is 127 Å². The van der Waals surface area contributed by atoms with Gasteiger partial charge in [0.05, 0.1) is 23.4 Å². The van der Waals surface area contributed by atoms with Crippen LogP contribution in [0.4, 0.5) is 16.2 Å². The number of hydrogen-bond donors (Lipinski definition) is 2. The Morgan fingerprint density at radius 2 is 1.95 bits per heavy atom. The maximum Gasteiger partial charge on any atom is 0.323 e. The molecule has 0 spiro atoms. The number of benzene rings is 2. The SMILES string of the molecule is COc1cccc(C#N)c1NC(=O)Nc1ccccc1Cl. The Balaban J connectivity index is 2.21. The maximum absolute atomic E-state index is 12.0. The lowest BCUT2D eigenvalue weighted by molar-refractivity contribution is 0.262. The fourth-order valence-electron chi connectivity index (χ4n) is 1.75. The molecule has 106 valence electrons. The predicted molar refractivity (Wildman–Crippen MR) is 81.8 cm³/mol. The number of anilines is 2. The molecule has 0 bridgehead atoms. The van der Waals surface area contributed by atoms with Crippen LogP contribution in [0, 0.1) is 11.3 Å². The molecule has 0 radical (unpaired) electrons. The summed E-state index contributed by atoms with van der Waals surface area (Å²) in [4.78, 5) is 12.0. The molecule has 0 aliphatic rings. The summed E-state index contributed by atoms with van der Waals surface area (Å²) < 4.78 is 5.14. The molecular weight excluding hydrogens is 290 g/mol. The maximum atomic E-state index is 12.0. The Hall–Kier alpha value is -2.71. The van der Waals surface area contributed by atoms with E-state index in [2.05, 4.69) is 10.6 Å². The average molecular weight is 302 g/mol. The highest BCUT2D eigenvalue weighted by Gasteiger charge is 2.13. The van der Waals surface area contributed by atoms with Gasteiger partial charge >= 0.3 is 6.03 Å². The zero-order chi connectivity index (χ0) is 15.2. The number of nitrogens with one attached hydrogen (secondary N) is 2. The number of urea groups is 1. The molecule has 0 aliphatic heterocycles. The molecular formula is C15H12ClN3O2. The quantitative estimate of drug-likeness (QED) is 0.904. The summed E-state index contributed by atoms with van der Waals surface area (Å²) in [7, 11) is 1.47. The van der Waals surface area contributed by atoms with Crippen molar-refractivity contribution < 1.29 is 9.53 Å². The van der Waals surface area contributed by atoms with Gasteiger partial charge in [-0.25, -0.2) is 4.79 Å². The van der Waals surface area contributed by atoms with Crippen LogP contribution in [-0.4, -0.2) is 13.1 Å². The Kier molecular flexibility index (Phi) is 4.64. The first-order valence-corrected chi connectivity index (χ1v) is 6.43. The molecule has 0 atom stereocenters. The second-order valence-corrected chi connectivity index (χ2v) is 4.46. The second-order valence-electron chi connectivity index (χ2n) is 4.05. The molecule has 0 fully saturated rings. The third-order valence-corrected chi connectivity index (χ3v) is 3.06. The highest BCUT2D eigenvalue weighted by Crippen LogP contribution is 2.28. The first-order valence-electron chi connectivity index (χ1n) is 6.05. The molecule has 0 saturated carbocycles. The van der Waals surface area contributed by atoms with Crippen LogP contribution in [0.2, 0.25) is 5.02 Å². The number of methoxy groups -OCH3 is 1. The second kappa shape index (κ2) is 6.64. The smallest absolute Gasteiger partial charge is 0.323 e. The highest BCUT2D eigenvalue weighted by atomic mass is 35.5. The van der Waals surface area contributed by atoms with Gasteiger partial charge in [0.25, 0.3) is 0 Å². The molecule has 21 heavy (non-hydrogen) atoms. The number of nitrogens with zero attached hydrogens (tertiary/aromatic N) is 1. The molecule has 2 amide bonds. The number of carbonyl (C=O) groups excluding carboxylic acids is 1. The van der Waals surface area contributed by atoms with Gasteiger partial charge in [-0.15, -0.1) is 0 Å². The molecule has 2 aromatic rings. The molecule has 0 unspecified atom stereocenters. The number of rotatable bonds is 3. The van der Waals surface area contributed by atoms with E-state index in [1.54, 1.807) is 42.5 Å². The van der Waals surface area contributed by atoms with Crippen LogP contribution >= 0.6 is 11.6 Å². The molecule has 0 saturated heterocycles. The number of carbonyl (C=O) groups is 1. The highest BCUT2D eigenvalue weighted by molar-refractivity contribution is 6.33. The Bertz CT molecular complexity index is 710.